The van der Waals surface area contributed by atoms with Crippen molar-refractivity contribution in [3.8, 4) is 17.1 Å². The van der Waals surface area contributed by atoms with Crippen molar-refractivity contribution in [1.82, 2.24) is 30.0 Å². The van der Waals surface area contributed by atoms with Crippen LogP contribution in [0.3, 0.4) is 0 Å². The van der Waals surface area contributed by atoms with E-state index in [9.17, 15) is 23.1 Å². The molecule has 0 saturated carbocycles. The number of benzene rings is 1. The summed E-state index contributed by atoms with van der Waals surface area (Å²) < 4.78 is 40.8. The Morgan fingerprint density at radius 2 is 2.06 bits per heavy atom. The first-order valence-electron chi connectivity index (χ1n) is 10.2. The van der Waals surface area contributed by atoms with Crippen molar-refractivity contribution in [2.24, 2.45) is 0 Å². The maximum absolute atomic E-state index is 14.8. The Morgan fingerprint density at radius 3 is 2.78 bits per heavy atom. The number of rotatable bonds is 4. The summed E-state index contributed by atoms with van der Waals surface area (Å²) >= 11 is 0. The van der Waals surface area contributed by atoms with E-state index in [1.807, 2.05) is 0 Å². The Morgan fingerprint density at radius 1 is 1.25 bits per heavy atom. The van der Waals surface area contributed by atoms with E-state index >= 15 is 0 Å². The van der Waals surface area contributed by atoms with E-state index in [4.69, 9.17) is 0 Å². The number of fused-ring (bicyclic) bond motifs is 3. The molecule has 0 aliphatic carbocycles. The van der Waals surface area contributed by atoms with E-state index in [-0.39, 0.29) is 50.7 Å². The number of hydrogen-bond acceptors (Lipinski definition) is 8. The molecule has 4 heterocycles. The predicted octanol–water partition coefficient (Wildman–Crippen LogP) is 2.02. The number of halogens is 3. The summed E-state index contributed by atoms with van der Waals surface area (Å²) in [6, 6.07) is 2.19. The average molecular weight is 447 g/mol. The summed E-state index contributed by atoms with van der Waals surface area (Å²) in [5.74, 6) is 0.0783. The van der Waals surface area contributed by atoms with Gasteiger partial charge in [0.2, 0.25) is 0 Å². The molecule has 0 radical (unpaired) electrons. The van der Waals surface area contributed by atoms with E-state index in [1.54, 1.807) is 11.9 Å². The molecular formula is C20H20F3N7O2. The Labute approximate surface area is 179 Å². The van der Waals surface area contributed by atoms with Gasteiger partial charge in [-0.15, -0.1) is 10.2 Å². The van der Waals surface area contributed by atoms with Gasteiger partial charge < -0.3 is 15.3 Å². The summed E-state index contributed by atoms with van der Waals surface area (Å²) in [5.41, 5.74) is -0.723. The number of phenols is 1. The van der Waals surface area contributed by atoms with Crippen molar-refractivity contribution in [1.29, 1.82) is 0 Å². The van der Waals surface area contributed by atoms with E-state index in [2.05, 4.69) is 25.5 Å². The first kappa shape index (κ1) is 20.6. The number of piperidine rings is 1. The molecule has 3 aromatic rings. The molecule has 2 bridgehead atoms. The van der Waals surface area contributed by atoms with Crippen LogP contribution < -0.4 is 15.8 Å². The topological polar surface area (TPSA) is 109 Å². The minimum atomic E-state index is -3.04. The second-order valence-electron chi connectivity index (χ2n) is 8.17. The van der Waals surface area contributed by atoms with Gasteiger partial charge in [0, 0.05) is 19.1 Å². The Bertz CT molecular complexity index is 1220. The van der Waals surface area contributed by atoms with Crippen LogP contribution in [0, 0.1) is 0 Å². The van der Waals surface area contributed by atoms with E-state index in [0.29, 0.717) is 12.2 Å². The summed E-state index contributed by atoms with van der Waals surface area (Å²) in [4.78, 5) is 22.0. The van der Waals surface area contributed by atoms with Crippen LogP contribution >= 0.6 is 0 Å². The lowest BCUT2D eigenvalue weighted by atomic mass is 9.96. The van der Waals surface area contributed by atoms with Crippen molar-refractivity contribution in [2.45, 2.75) is 50.1 Å². The van der Waals surface area contributed by atoms with E-state index in [1.165, 1.54) is 12.3 Å². The third-order valence-corrected chi connectivity index (χ3v) is 6.31. The standard InChI is InChI=1S/C20H20F3N7O2/c1-29(14-4-9-2-3-12(26-9)17(14)21)16-7-24-18(28-27-16)11-5-13-10(6-15(11)31)19(32)30(8-25-13)20(22)23/h5-9,12,14,17,20,26,31H,2-4H2,1H3/t9?,12-,14+,17-/m1/s1. The van der Waals surface area contributed by atoms with Crippen LogP contribution in [0.4, 0.5) is 19.0 Å². The number of nitrogens with zero attached hydrogens (tertiary/aromatic N) is 6. The highest BCUT2D eigenvalue weighted by Crippen LogP contribution is 2.34. The molecule has 2 aromatic heterocycles. The van der Waals surface area contributed by atoms with Crippen LogP contribution in [-0.2, 0) is 0 Å². The zero-order valence-electron chi connectivity index (χ0n) is 17.0. The Kier molecular flexibility index (Phi) is 4.96. The number of nitrogens with one attached hydrogen (secondary N) is 1. The van der Waals surface area contributed by atoms with Crippen LogP contribution in [0.25, 0.3) is 22.3 Å². The molecule has 0 amide bonds. The lowest BCUT2D eigenvalue weighted by Crippen LogP contribution is -2.55. The van der Waals surface area contributed by atoms with Gasteiger partial charge in [0.15, 0.2) is 11.6 Å². The van der Waals surface area contributed by atoms with Gasteiger partial charge in [-0.2, -0.15) is 8.78 Å². The quantitative estimate of drug-likeness (QED) is 0.625. The number of anilines is 1. The molecular weight excluding hydrogens is 427 g/mol. The number of phenolic OH excluding ortho intramolecular Hbond substituents is 1. The van der Waals surface area contributed by atoms with Gasteiger partial charge in [-0.05, 0) is 31.4 Å². The fourth-order valence-electron chi connectivity index (χ4n) is 4.56. The third kappa shape index (κ3) is 3.34. The van der Waals surface area contributed by atoms with Crippen LogP contribution in [-0.4, -0.2) is 61.2 Å². The minimum Gasteiger partial charge on any atom is -0.507 e. The molecule has 12 heteroatoms. The number of alkyl halides is 3. The molecule has 2 fully saturated rings. The van der Waals surface area contributed by atoms with Gasteiger partial charge >= 0.3 is 6.55 Å². The van der Waals surface area contributed by atoms with Crippen molar-refractivity contribution in [2.75, 3.05) is 11.9 Å². The van der Waals surface area contributed by atoms with Gasteiger partial charge in [0.05, 0.1) is 28.7 Å². The van der Waals surface area contributed by atoms with Gasteiger partial charge in [-0.25, -0.2) is 18.9 Å². The molecule has 168 valence electrons. The smallest absolute Gasteiger partial charge is 0.322 e. The molecule has 9 nitrogen and oxygen atoms in total. The highest BCUT2D eigenvalue weighted by molar-refractivity contribution is 5.85. The van der Waals surface area contributed by atoms with E-state index in [0.717, 1.165) is 25.2 Å². The summed E-state index contributed by atoms with van der Waals surface area (Å²) in [6.45, 7) is -3.04. The Balaban J connectivity index is 1.44. The molecule has 0 spiro atoms. The first-order valence-corrected chi connectivity index (χ1v) is 10.2. The van der Waals surface area contributed by atoms with Gasteiger partial charge in [0.1, 0.15) is 18.2 Å². The molecule has 1 unspecified atom stereocenters. The Hall–Kier alpha value is -3.28. The summed E-state index contributed by atoms with van der Waals surface area (Å²) in [5, 5.41) is 21.7. The molecule has 4 atom stereocenters. The SMILES string of the molecule is CN(c1cnc(-c2cc3ncn(C(F)F)c(=O)c3cc2O)nn1)[C@H]1CC2CC[C@@H](N2)[C@H]1F. The number of aromatic hydroxyl groups is 1. The molecule has 2 N–H and O–H groups in total. The van der Waals surface area contributed by atoms with Gasteiger partial charge in [-0.1, -0.05) is 0 Å². The van der Waals surface area contributed by atoms with Crippen molar-refractivity contribution in [3.05, 3.63) is 35.0 Å². The molecule has 1 aromatic carbocycles. The van der Waals surface area contributed by atoms with Crippen LogP contribution in [0.2, 0.25) is 0 Å². The summed E-state index contributed by atoms with van der Waals surface area (Å²) in [6.07, 6.45) is 3.57. The number of hydrogen-bond donors (Lipinski definition) is 2. The largest absolute Gasteiger partial charge is 0.507 e. The molecule has 5 rings (SSSR count). The third-order valence-electron chi connectivity index (χ3n) is 6.31. The zero-order chi connectivity index (χ0) is 22.6. The fourth-order valence-corrected chi connectivity index (χ4v) is 4.56. The van der Waals surface area contributed by atoms with Crippen LogP contribution in [0.15, 0.2) is 29.5 Å². The first-order chi connectivity index (χ1) is 15.3. The van der Waals surface area contributed by atoms with Crippen LogP contribution in [0.1, 0.15) is 25.8 Å². The maximum atomic E-state index is 14.8. The zero-order valence-corrected chi connectivity index (χ0v) is 17.0. The predicted molar refractivity (Wildman–Crippen MR) is 109 cm³/mol. The van der Waals surface area contributed by atoms with Crippen molar-refractivity contribution in [3.63, 3.8) is 0 Å². The van der Waals surface area contributed by atoms with Gasteiger partial charge in [0.25, 0.3) is 5.56 Å². The van der Waals surface area contributed by atoms with Crippen molar-refractivity contribution < 1.29 is 18.3 Å². The normalized spacial score (nSPS) is 24.9. The second-order valence-corrected chi connectivity index (χ2v) is 8.17. The monoisotopic (exact) mass is 447 g/mol. The van der Waals surface area contributed by atoms with E-state index < -0.39 is 18.3 Å². The molecule has 2 aliphatic heterocycles. The van der Waals surface area contributed by atoms with Crippen molar-refractivity contribution >= 4 is 16.7 Å². The maximum Gasteiger partial charge on any atom is 0.322 e. The number of aromatic nitrogens is 5. The second kappa shape index (κ2) is 7.69. The van der Waals surface area contributed by atoms with Crippen LogP contribution in [0.5, 0.6) is 5.75 Å². The lowest BCUT2D eigenvalue weighted by molar-refractivity contribution is 0.0658. The minimum absolute atomic E-state index is 0.0589. The highest BCUT2D eigenvalue weighted by Gasteiger charge is 2.43. The molecule has 2 aliphatic rings. The fraction of sp³-hybridized carbons (Fsp3) is 0.450. The lowest BCUT2D eigenvalue weighted by Gasteiger charge is -2.38. The highest BCUT2D eigenvalue weighted by atomic mass is 19.3. The summed E-state index contributed by atoms with van der Waals surface area (Å²) in [7, 11) is 1.75. The molecule has 2 saturated heterocycles. The van der Waals surface area contributed by atoms with Gasteiger partial charge in [-0.3, -0.25) is 4.79 Å². The average Bonchev–Trinajstić information content (AvgIpc) is 3.19. The molecule has 32 heavy (non-hydrogen) atoms.